The highest BCUT2D eigenvalue weighted by molar-refractivity contribution is 8.09. The quantitative estimate of drug-likeness (QED) is 0.347. The number of benzene rings is 2. The molecule has 0 aliphatic rings. The summed E-state index contributed by atoms with van der Waals surface area (Å²) in [4.78, 5) is 6.23. The summed E-state index contributed by atoms with van der Waals surface area (Å²) in [5.74, 6) is 1.02. The molecule has 2 aromatic carbocycles. The molecule has 0 fully saturated rings. The fourth-order valence-corrected chi connectivity index (χ4v) is 2.93. The summed E-state index contributed by atoms with van der Waals surface area (Å²) in [6.07, 6.45) is 0. The molecule has 0 aliphatic carbocycles. The van der Waals surface area contributed by atoms with Gasteiger partial charge in [-0.15, -0.1) is 0 Å². The van der Waals surface area contributed by atoms with Gasteiger partial charge in [-0.05, 0) is 41.6 Å². The van der Waals surface area contributed by atoms with E-state index in [1.807, 2.05) is 12.1 Å². The van der Waals surface area contributed by atoms with E-state index in [1.54, 1.807) is 48.5 Å². The highest BCUT2D eigenvalue weighted by atomic mass is 32.5. The lowest BCUT2D eigenvalue weighted by molar-refractivity contribution is 0.487. The van der Waals surface area contributed by atoms with Crippen molar-refractivity contribution in [3.05, 3.63) is 71.1 Å². The second kappa shape index (κ2) is 6.25. The van der Waals surface area contributed by atoms with E-state index < -0.39 is 6.64 Å². The molecule has 19 heavy (non-hydrogen) atoms. The smallest absolute Gasteiger partial charge is 0.379 e. The molecule has 0 N–H and O–H groups in total. The average molecular weight is 291 g/mol. The van der Waals surface area contributed by atoms with E-state index >= 15 is 0 Å². The van der Waals surface area contributed by atoms with Crippen LogP contribution in [0.4, 0.5) is 0 Å². The van der Waals surface area contributed by atoms with E-state index in [1.165, 1.54) is 0 Å². The normalized spacial score (nSPS) is 10.3. The minimum absolute atomic E-state index is 0.508. The van der Waals surface area contributed by atoms with Crippen molar-refractivity contribution in [2.75, 3.05) is 0 Å². The monoisotopic (exact) mass is 291 g/mol. The third kappa shape index (κ3) is 4.00. The van der Waals surface area contributed by atoms with Gasteiger partial charge < -0.3 is 9.05 Å². The van der Waals surface area contributed by atoms with Crippen molar-refractivity contribution < 1.29 is 9.05 Å². The van der Waals surface area contributed by atoms with Gasteiger partial charge >= 0.3 is 6.64 Å². The summed E-state index contributed by atoms with van der Waals surface area (Å²) >= 11 is 5.21. The summed E-state index contributed by atoms with van der Waals surface area (Å²) in [6.45, 7) is -3.12. The van der Waals surface area contributed by atoms with Crippen molar-refractivity contribution in [3.63, 3.8) is 0 Å². The van der Waals surface area contributed by atoms with Crippen molar-refractivity contribution in [2.24, 2.45) is 4.88 Å². The van der Waals surface area contributed by atoms with Crippen LogP contribution in [-0.2, 0) is 11.8 Å². The predicted molar refractivity (Wildman–Crippen MR) is 77.6 cm³/mol. The molecule has 0 spiro atoms. The van der Waals surface area contributed by atoms with Crippen LogP contribution in [-0.4, -0.2) is 0 Å². The van der Waals surface area contributed by atoms with Gasteiger partial charge in [0.15, 0.2) is 0 Å². The van der Waals surface area contributed by atoms with E-state index in [4.69, 9.17) is 26.4 Å². The molecule has 0 atom stereocenters. The lowest BCUT2D eigenvalue weighted by Gasteiger charge is -2.18. The first-order valence-electron chi connectivity index (χ1n) is 5.38. The summed E-state index contributed by atoms with van der Waals surface area (Å²) < 4.78 is 11.1. The van der Waals surface area contributed by atoms with Gasteiger partial charge in [-0.3, -0.25) is 0 Å². The Bertz CT molecular complexity index is 584. The first-order valence-corrected chi connectivity index (χ1v) is 7.97. The Morgan fingerprint density at radius 3 is 1.68 bits per heavy atom. The molecular weight excluding hydrogens is 281 g/mol. The Hall–Kier alpha value is -2.00. The largest absolute Gasteiger partial charge is 0.431 e. The number of nitrogens with zero attached hydrogens (tertiary/aromatic N) is 3. The Labute approximate surface area is 115 Å². The van der Waals surface area contributed by atoms with Gasteiger partial charge in [0.25, 0.3) is 0 Å². The van der Waals surface area contributed by atoms with Crippen LogP contribution in [0.1, 0.15) is 0 Å². The predicted octanol–water partition coefficient (Wildman–Crippen LogP) is 4.68. The van der Waals surface area contributed by atoms with E-state index in [2.05, 4.69) is 9.80 Å². The number of azide groups is 1. The van der Waals surface area contributed by atoms with Gasteiger partial charge in [0.1, 0.15) is 11.5 Å². The van der Waals surface area contributed by atoms with Gasteiger partial charge in [-0.1, -0.05) is 36.4 Å². The highest BCUT2D eigenvalue weighted by Crippen LogP contribution is 2.50. The van der Waals surface area contributed by atoms with Crippen molar-refractivity contribution in [1.29, 1.82) is 0 Å². The second-order valence-corrected chi connectivity index (χ2v) is 6.32. The van der Waals surface area contributed by atoms with Crippen molar-refractivity contribution in [1.82, 2.24) is 0 Å². The van der Waals surface area contributed by atoms with Crippen LogP contribution in [0.2, 0.25) is 0 Å². The topological polar surface area (TPSA) is 67.2 Å². The zero-order valence-electron chi connectivity index (χ0n) is 9.79. The fraction of sp³-hybridized carbons (Fsp3) is 0. The molecule has 2 rings (SSSR count). The Morgan fingerprint density at radius 2 is 1.32 bits per heavy atom. The van der Waals surface area contributed by atoms with Crippen LogP contribution in [0.25, 0.3) is 10.4 Å². The van der Waals surface area contributed by atoms with Crippen LogP contribution >= 0.6 is 6.64 Å². The van der Waals surface area contributed by atoms with Gasteiger partial charge in [-0.2, -0.15) is 0 Å². The molecule has 2 aromatic rings. The number of para-hydroxylation sites is 2. The van der Waals surface area contributed by atoms with Crippen molar-refractivity contribution in [2.45, 2.75) is 0 Å². The second-order valence-electron chi connectivity index (χ2n) is 3.46. The zero-order chi connectivity index (χ0) is 13.6. The molecule has 0 aromatic heterocycles. The molecule has 0 heterocycles. The summed E-state index contributed by atoms with van der Waals surface area (Å²) in [5.41, 5.74) is 8.62. The lowest BCUT2D eigenvalue weighted by atomic mass is 10.3. The maximum absolute atomic E-state index is 8.62. The van der Waals surface area contributed by atoms with Crippen LogP contribution in [0, 0.1) is 0 Å². The third-order valence-corrected chi connectivity index (χ3v) is 3.93. The first kappa shape index (κ1) is 13.4. The van der Waals surface area contributed by atoms with Crippen LogP contribution in [0.3, 0.4) is 0 Å². The summed E-state index contributed by atoms with van der Waals surface area (Å²) in [7, 11) is 0. The molecule has 0 unspecified atom stereocenters. The van der Waals surface area contributed by atoms with E-state index in [9.17, 15) is 0 Å². The van der Waals surface area contributed by atoms with Gasteiger partial charge in [0.05, 0.1) is 0 Å². The first-order chi connectivity index (χ1) is 9.22. The van der Waals surface area contributed by atoms with Crippen molar-refractivity contribution >= 4 is 18.4 Å². The Kier molecular flexibility index (Phi) is 4.42. The summed E-state index contributed by atoms with van der Waals surface area (Å²) in [6, 6.07) is 17.8. The molecule has 5 nitrogen and oxygen atoms in total. The van der Waals surface area contributed by atoms with Crippen molar-refractivity contribution in [3.8, 4) is 11.5 Å². The molecule has 7 heteroatoms. The summed E-state index contributed by atoms with van der Waals surface area (Å²) in [5, 5.41) is 0. The maximum Gasteiger partial charge on any atom is 0.379 e. The molecule has 96 valence electrons. The van der Waals surface area contributed by atoms with Crippen LogP contribution in [0.5, 0.6) is 11.5 Å². The molecule has 0 aliphatic heterocycles. The molecule has 0 saturated heterocycles. The van der Waals surface area contributed by atoms with Crippen LogP contribution in [0.15, 0.2) is 65.5 Å². The minimum Gasteiger partial charge on any atom is -0.431 e. The third-order valence-electron chi connectivity index (χ3n) is 2.08. The Morgan fingerprint density at radius 1 is 0.895 bits per heavy atom. The maximum atomic E-state index is 8.62. The highest BCUT2D eigenvalue weighted by Gasteiger charge is 2.20. The van der Waals surface area contributed by atoms with E-state index in [0.717, 1.165) is 0 Å². The molecule has 0 amide bonds. The lowest BCUT2D eigenvalue weighted by Crippen LogP contribution is -1.97. The fourth-order valence-electron chi connectivity index (χ4n) is 1.33. The Balaban J connectivity index is 2.23. The molecular formula is C12H10N3O2PS. The van der Waals surface area contributed by atoms with E-state index in [-0.39, 0.29) is 0 Å². The molecule has 0 radical (unpaired) electrons. The van der Waals surface area contributed by atoms with Gasteiger partial charge in [0, 0.05) is 9.80 Å². The average Bonchev–Trinajstić information content (AvgIpc) is 2.41. The van der Waals surface area contributed by atoms with E-state index in [0.29, 0.717) is 11.5 Å². The standard InChI is InChI=1S/C12H10N3O2PS/c13-14-15-18(19,16-11-7-3-1-4-8-11)17-12-9-5-2-6-10-12/h1-10H. The number of hydrogen-bond donors (Lipinski definition) is 0. The molecule has 0 bridgehead atoms. The minimum atomic E-state index is -3.12. The zero-order valence-corrected chi connectivity index (χ0v) is 11.5. The van der Waals surface area contributed by atoms with Gasteiger partial charge in [-0.25, -0.2) is 0 Å². The SMILES string of the molecule is [N-]=[N+]=NP(=S)(Oc1ccccc1)Oc1ccccc1. The van der Waals surface area contributed by atoms with Gasteiger partial charge in [0.2, 0.25) is 0 Å². The molecule has 0 saturated carbocycles. The number of rotatable bonds is 5. The van der Waals surface area contributed by atoms with Crippen LogP contribution < -0.4 is 9.05 Å². The number of hydrogen-bond acceptors (Lipinski definition) is 3.